The van der Waals surface area contributed by atoms with Crippen LogP contribution < -0.4 is 14.2 Å². The summed E-state index contributed by atoms with van der Waals surface area (Å²) in [5.41, 5.74) is 1.70. The molecular weight excluding hydrogens is 592 g/mol. The number of hydrogen-bond acceptors (Lipinski definition) is 10. The SMILES string of the molecule is C=CC(=O)OCCCCOc1ccc(C(=O)OCCc2ccc(OC(=O)c3ccc(OCCCCOC(=O)C=C)cc3)cc2)cc1. The van der Waals surface area contributed by atoms with Gasteiger partial charge in [0.15, 0.2) is 0 Å². The van der Waals surface area contributed by atoms with Gasteiger partial charge in [-0.3, -0.25) is 0 Å². The molecule has 0 saturated carbocycles. The molecule has 46 heavy (non-hydrogen) atoms. The zero-order valence-corrected chi connectivity index (χ0v) is 25.7. The van der Waals surface area contributed by atoms with E-state index in [1.165, 1.54) is 0 Å². The molecular formula is C36H38O10. The summed E-state index contributed by atoms with van der Waals surface area (Å²) >= 11 is 0. The predicted molar refractivity (Wildman–Crippen MR) is 170 cm³/mol. The van der Waals surface area contributed by atoms with Gasteiger partial charge in [-0.25, -0.2) is 19.2 Å². The van der Waals surface area contributed by atoms with Crippen molar-refractivity contribution in [2.45, 2.75) is 32.1 Å². The zero-order valence-electron chi connectivity index (χ0n) is 25.7. The summed E-state index contributed by atoms with van der Waals surface area (Å²) < 4.78 is 32.0. The quantitative estimate of drug-likeness (QED) is 0.0477. The number of ether oxygens (including phenoxy) is 6. The molecule has 0 bridgehead atoms. The third kappa shape index (κ3) is 13.1. The van der Waals surface area contributed by atoms with Crippen molar-refractivity contribution < 1.29 is 47.6 Å². The highest BCUT2D eigenvalue weighted by Gasteiger charge is 2.10. The molecule has 0 amide bonds. The van der Waals surface area contributed by atoms with Gasteiger partial charge in [0.2, 0.25) is 0 Å². The molecule has 242 valence electrons. The van der Waals surface area contributed by atoms with Gasteiger partial charge in [0, 0.05) is 18.6 Å². The molecule has 3 aromatic rings. The third-order valence-electron chi connectivity index (χ3n) is 6.37. The summed E-state index contributed by atoms with van der Waals surface area (Å²) in [6.07, 6.45) is 5.50. The van der Waals surface area contributed by atoms with Gasteiger partial charge in [-0.2, -0.15) is 0 Å². The van der Waals surface area contributed by atoms with Crippen LogP contribution in [0.3, 0.4) is 0 Å². The Labute approximate surface area is 268 Å². The standard InChI is InChI=1S/C36H38O10/c1-3-33(37)43-24-7-5-22-41-30-17-11-28(12-18-30)35(39)45-26-21-27-9-15-32(16-10-27)46-36(40)29-13-19-31(20-14-29)42-23-6-8-25-44-34(38)4-2/h3-4,9-20H,1-2,5-8,21-26H2. The maximum absolute atomic E-state index is 12.6. The Kier molecular flexibility index (Phi) is 15.1. The lowest BCUT2D eigenvalue weighted by molar-refractivity contribution is -0.138. The van der Waals surface area contributed by atoms with E-state index in [1.807, 2.05) is 0 Å². The van der Waals surface area contributed by atoms with Crippen molar-refractivity contribution in [3.63, 3.8) is 0 Å². The van der Waals surface area contributed by atoms with Gasteiger partial charge < -0.3 is 28.4 Å². The fourth-order valence-corrected chi connectivity index (χ4v) is 3.86. The molecule has 0 saturated heterocycles. The normalized spacial score (nSPS) is 10.3. The van der Waals surface area contributed by atoms with E-state index < -0.39 is 23.9 Å². The molecule has 0 aliphatic carbocycles. The van der Waals surface area contributed by atoms with Crippen molar-refractivity contribution in [1.82, 2.24) is 0 Å². The Bertz CT molecular complexity index is 1430. The number of benzene rings is 3. The lowest BCUT2D eigenvalue weighted by Gasteiger charge is -2.09. The Balaban J connectivity index is 1.31. The maximum Gasteiger partial charge on any atom is 0.343 e. The number of carbonyl (C=O) groups excluding carboxylic acids is 4. The highest BCUT2D eigenvalue weighted by molar-refractivity contribution is 5.91. The van der Waals surface area contributed by atoms with Crippen molar-refractivity contribution in [2.24, 2.45) is 0 Å². The van der Waals surface area contributed by atoms with Crippen LogP contribution in [0.15, 0.2) is 98.1 Å². The minimum absolute atomic E-state index is 0.184. The van der Waals surface area contributed by atoms with Crippen LogP contribution in [0.1, 0.15) is 52.0 Å². The average Bonchev–Trinajstić information content (AvgIpc) is 3.08. The first kappa shape index (κ1) is 35.1. The molecule has 0 radical (unpaired) electrons. The lowest BCUT2D eigenvalue weighted by Crippen LogP contribution is -2.09. The summed E-state index contributed by atoms with van der Waals surface area (Å²) in [4.78, 5) is 47.0. The fraction of sp³-hybridized carbons (Fsp3) is 0.278. The van der Waals surface area contributed by atoms with Crippen LogP contribution in [0.2, 0.25) is 0 Å². The molecule has 10 nitrogen and oxygen atoms in total. The second kappa shape index (κ2) is 19.8. The fourth-order valence-electron chi connectivity index (χ4n) is 3.86. The van der Waals surface area contributed by atoms with Crippen molar-refractivity contribution in [2.75, 3.05) is 33.0 Å². The summed E-state index contributed by atoms with van der Waals surface area (Å²) in [5, 5.41) is 0. The Hall–Kier alpha value is -5.38. The van der Waals surface area contributed by atoms with Crippen molar-refractivity contribution in [1.29, 1.82) is 0 Å². The number of carbonyl (C=O) groups is 4. The Morgan fingerprint density at radius 3 is 1.41 bits per heavy atom. The molecule has 0 fully saturated rings. The monoisotopic (exact) mass is 630 g/mol. The minimum Gasteiger partial charge on any atom is -0.494 e. The van der Waals surface area contributed by atoms with E-state index in [1.54, 1.807) is 72.8 Å². The van der Waals surface area contributed by atoms with E-state index in [9.17, 15) is 19.2 Å². The largest absolute Gasteiger partial charge is 0.494 e. The molecule has 10 heteroatoms. The topological polar surface area (TPSA) is 124 Å². The van der Waals surface area contributed by atoms with E-state index in [0.717, 1.165) is 17.7 Å². The van der Waals surface area contributed by atoms with Crippen LogP contribution in [-0.4, -0.2) is 56.9 Å². The third-order valence-corrected chi connectivity index (χ3v) is 6.37. The Morgan fingerprint density at radius 2 is 0.935 bits per heavy atom. The second-order valence-corrected chi connectivity index (χ2v) is 9.82. The van der Waals surface area contributed by atoms with Crippen molar-refractivity contribution in [3.8, 4) is 17.2 Å². The molecule has 0 heterocycles. The minimum atomic E-state index is -0.500. The number of unbranched alkanes of at least 4 members (excludes halogenated alkanes) is 2. The number of hydrogen-bond donors (Lipinski definition) is 0. The van der Waals surface area contributed by atoms with Gasteiger partial charge in [-0.05, 0) is 91.9 Å². The van der Waals surface area contributed by atoms with Gasteiger partial charge in [-0.1, -0.05) is 25.3 Å². The first-order valence-corrected chi connectivity index (χ1v) is 14.9. The first-order chi connectivity index (χ1) is 22.4. The van der Waals surface area contributed by atoms with Crippen LogP contribution in [0, 0.1) is 0 Å². The van der Waals surface area contributed by atoms with Crippen molar-refractivity contribution in [3.05, 3.63) is 115 Å². The van der Waals surface area contributed by atoms with Gasteiger partial charge >= 0.3 is 23.9 Å². The average molecular weight is 631 g/mol. The van der Waals surface area contributed by atoms with E-state index in [-0.39, 0.29) is 6.61 Å². The van der Waals surface area contributed by atoms with E-state index in [0.29, 0.717) is 86.9 Å². The van der Waals surface area contributed by atoms with Crippen LogP contribution in [0.25, 0.3) is 0 Å². The zero-order chi connectivity index (χ0) is 33.0. The molecule has 3 aromatic carbocycles. The Morgan fingerprint density at radius 1 is 0.500 bits per heavy atom. The van der Waals surface area contributed by atoms with Gasteiger partial charge in [0.25, 0.3) is 0 Å². The van der Waals surface area contributed by atoms with Gasteiger partial charge in [-0.15, -0.1) is 0 Å². The molecule has 3 rings (SSSR count). The molecule has 0 aliphatic rings. The summed E-state index contributed by atoms with van der Waals surface area (Å²) in [6, 6.07) is 20.3. The smallest absolute Gasteiger partial charge is 0.343 e. The second-order valence-electron chi connectivity index (χ2n) is 9.82. The van der Waals surface area contributed by atoms with Crippen LogP contribution in [0.4, 0.5) is 0 Å². The molecule has 0 spiro atoms. The molecule has 0 N–H and O–H groups in total. The van der Waals surface area contributed by atoms with Gasteiger partial charge in [0.1, 0.15) is 17.2 Å². The van der Waals surface area contributed by atoms with Crippen LogP contribution in [-0.2, 0) is 30.2 Å². The van der Waals surface area contributed by atoms with E-state index in [2.05, 4.69) is 13.2 Å². The maximum atomic E-state index is 12.6. The van der Waals surface area contributed by atoms with Crippen molar-refractivity contribution >= 4 is 23.9 Å². The van der Waals surface area contributed by atoms with Gasteiger partial charge in [0.05, 0.1) is 44.2 Å². The molecule has 0 unspecified atom stereocenters. The predicted octanol–water partition coefficient (Wildman–Crippen LogP) is 6.08. The van der Waals surface area contributed by atoms with Crippen LogP contribution >= 0.6 is 0 Å². The highest BCUT2D eigenvalue weighted by atomic mass is 16.5. The van der Waals surface area contributed by atoms with E-state index in [4.69, 9.17) is 28.4 Å². The molecule has 0 atom stereocenters. The summed E-state index contributed by atoms with van der Waals surface area (Å²) in [5.74, 6) is -0.195. The number of rotatable bonds is 20. The summed E-state index contributed by atoms with van der Waals surface area (Å²) in [6.45, 7) is 8.39. The first-order valence-electron chi connectivity index (χ1n) is 14.9. The lowest BCUT2D eigenvalue weighted by atomic mass is 10.1. The van der Waals surface area contributed by atoms with E-state index >= 15 is 0 Å². The molecule has 0 aromatic heterocycles. The molecule has 0 aliphatic heterocycles. The summed E-state index contributed by atoms with van der Waals surface area (Å²) in [7, 11) is 0. The number of esters is 4. The van der Waals surface area contributed by atoms with Crippen LogP contribution in [0.5, 0.6) is 17.2 Å². The highest BCUT2D eigenvalue weighted by Crippen LogP contribution is 2.18.